The largest absolute Gasteiger partial charge is 0.493 e. The maximum absolute atomic E-state index is 11.6. The molecule has 1 fully saturated rings. The molecule has 4 nitrogen and oxygen atoms in total. The maximum Gasteiger partial charge on any atom is 0.341 e. The average molecular weight is 263 g/mol. The number of carbonyl (C=O) groups excluding carboxylic acids is 1. The van der Waals surface area contributed by atoms with E-state index in [0.29, 0.717) is 24.0 Å². The van der Waals surface area contributed by atoms with Gasteiger partial charge in [0.15, 0.2) is 0 Å². The first kappa shape index (κ1) is 13.9. The summed E-state index contributed by atoms with van der Waals surface area (Å²) in [6.45, 7) is 1.72. The zero-order valence-corrected chi connectivity index (χ0v) is 11.4. The second kappa shape index (κ2) is 7.14. The fraction of sp³-hybridized carbons (Fsp3) is 0.533. The van der Waals surface area contributed by atoms with Gasteiger partial charge in [-0.05, 0) is 37.9 Å². The molecule has 0 spiro atoms. The van der Waals surface area contributed by atoms with Crippen molar-refractivity contribution in [2.45, 2.75) is 31.7 Å². The summed E-state index contributed by atoms with van der Waals surface area (Å²) in [5.41, 5.74) is 0.488. The molecule has 0 radical (unpaired) electrons. The topological polar surface area (TPSA) is 47.6 Å². The predicted molar refractivity (Wildman–Crippen MR) is 73.5 cm³/mol. The van der Waals surface area contributed by atoms with Gasteiger partial charge in [-0.25, -0.2) is 4.79 Å². The van der Waals surface area contributed by atoms with Crippen molar-refractivity contribution in [1.82, 2.24) is 5.32 Å². The molecule has 0 amide bonds. The fourth-order valence-corrected chi connectivity index (χ4v) is 2.35. The molecular formula is C15H21NO3. The number of hydrogen-bond donors (Lipinski definition) is 1. The molecule has 1 aromatic rings. The number of methoxy groups -OCH3 is 1. The van der Waals surface area contributed by atoms with Gasteiger partial charge in [-0.1, -0.05) is 18.6 Å². The summed E-state index contributed by atoms with van der Waals surface area (Å²) in [4.78, 5) is 11.6. The van der Waals surface area contributed by atoms with E-state index in [0.717, 1.165) is 13.0 Å². The number of piperidine rings is 1. The van der Waals surface area contributed by atoms with Crippen molar-refractivity contribution in [3.8, 4) is 5.75 Å². The van der Waals surface area contributed by atoms with Gasteiger partial charge in [-0.2, -0.15) is 0 Å². The van der Waals surface area contributed by atoms with Gasteiger partial charge in [-0.3, -0.25) is 0 Å². The number of ether oxygens (including phenoxy) is 2. The highest BCUT2D eigenvalue weighted by atomic mass is 16.5. The van der Waals surface area contributed by atoms with E-state index in [9.17, 15) is 4.79 Å². The van der Waals surface area contributed by atoms with Crippen molar-refractivity contribution in [2.24, 2.45) is 0 Å². The monoisotopic (exact) mass is 263 g/mol. The van der Waals surface area contributed by atoms with Crippen LogP contribution < -0.4 is 10.1 Å². The molecule has 2 rings (SSSR count). The van der Waals surface area contributed by atoms with Gasteiger partial charge in [-0.15, -0.1) is 0 Å². The molecule has 0 aliphatic carbocycles. The van der Waals surface area contributed by atoms with Gasteiger partial charge >= 0.3 is 5.97 Å². The van der Waals surface area contributed by atoms with Crippen LogP contribution in [0, 0.1) is 0 Å². The Morgan fingerprint density at radius 1 is 1.37 bits per heavy atom. The lowest BCUT2D eigenvalue weighted by Gasteiger charge is -2.23. The Kier molecular flexibility index (Phi) is 5.21. The highest BCUT2D eigenvalue weighted by Crippen LogP contribution is 2.19. The molecular weight excluding hydrogens is 242 g/mol. The average Bonchev–Trinajstić information content (AvgIpc) is 2.48. The van der Waals surface area contributed by atoms with Gasteiger partial charge in [0.1, 0.15) is 11.3 Å². The van der Waals surface area contributed by atoms with E-state index in [2.05, 4.69) is 5.32 Å². The zero-order chi connectivity index (χ0) is 13.5. The molecule has 0 unspecified atom stereocenters. The van der Waals surface area contributed by atoms with Crippen LogP contribution in [0.4, 0.5) is 0 Å². The fourth-order valence-electron chi connectivity index (χ4n) is 2.35. The summed E-state index contributed by atoms with van der Waals surface area (Å²) in [6, 6.07) is 7.74. The molecule has 4 heteroatoms. The zero-order valence-electron chi connectivity index (χ0n) is 11.4. The van der Waals surface area contributed by atoms with Crippen LogP contribution in [0.5, 0.6) is 5.75 Å². The number of hydrogen-bond acceptors (Lipinski definition) is 4. The second-order valence-corrected chi connectivity index (χ2v) is 4.77. The van der Waals surface area contributed by atoms with Crippen LogP contribution in [0.15, 0.2) is 24.3 Å². The van der Waals surface area contributed by atoms with Crippen LogP contribution in [0.1, 0.15) is 36.0 Å². The molecule has 1 aromatic carbocycles. The Morgan fingerprint density at radius 2 is 2.21 bits per heavy atom. The van der Waals surface area contributed by atoms with Crippen LogP contribution in [0.3, 0.4) is 0 Å². The number of nitrogens with one attached hydrogen (secondary N) is 1. The molecule has 19 heavy (non-hydrogen) atoms. The third-order valence-electron chi connectivity index (χ3n) is 3.43. The van der Waals surface area contributed by atoms with Gasteiger partial charge in [0.2, 0.25) is 0 Å². The normalized spacial score (nSPS) is 18.9. The summed E-state index contributed by atoms with van der Waals surface area (Å²) in [5, 5.41) is 3.48. The van der Waals surface area contributed by atoms with Crippen LogP contribution in [-0.4, -0.2) is 32.3 Å². The van der Waals surface area contributed by atoms with E-state index in [-0.39, 0.29) is 5.97 Å². The van der Waals surface area contributed by atoms with Crippen molar-refractivity contribution in [3.63, 3.8) is 0 Å². The second-order valence-electron chi connectivity index (χ2n) is 4.77. The summed E-state index contributed by atoms with van der Waals surface area (Å²) in [6.07, 6.45) is 4.73. The van der Waals surface area contributed by atoms with Crippen molar-refractivity contribution in [2.75, 3.05) is 20.3 Å². The molecule has 1 N–H and O–H groups in total. The Balaban J connectivity index is 1.86. The first-order chi connectivity index (χ1) is 9.31. The third kappa shape index (κ3) is 3.96. The van der Waals surface area contributed by atoms with Gasteiger partial charge < -0.3 is 14.8 Å². The van der Waals surface area contributed by atoms with E-state index >= 15 is 0 Å². The van der Waals surface area contributed by atoms with E-state index in [1.54, 1.807) is 12.1 Å². The molecule has 1 heterocycles. The van der Waals surface area contributed by atoms with Gasteiger partial charge in [0.25, 0.3) is 0 Å². The van der Waals surface area contributed by atoms with E-state index in [1.807, 2.05) is 12.1 Å². The lowest BCUT2D eigenvalue weighted by Crippen LogP contribution is -2.35. The highest BCUT2D eigenvalue weighted by Gasteiger charge is 2.14. The number of benzene rings is 1. The molecule has 0 bridgehead atoms. The van der Waals surface area contributed by atoms with Crippen molar-refractivity contribution < 1.29 is 14.3 Å². The van der Waals surface area contributed by atoms with Crippen molar-refractivity contribution >= 4 is 5.97 Å². The first-order valence-corrected chi connectivity index (χ1v) is 6.85. The van der Waals surface area contributed by atoms with Crippen molar-refractivity contribution in [1.29, 1.82) is 0 Å². The predicted octanol–water partition coefficient (Wildman–Crippen LogP) is 2.38. The van der Waals surface area contributed by atoms with Crippen LogP contribution >= 0.6 is 0 Å². The highest BCUT2D eigenvalue weighted by molar-refractivity contribution is 5.92. The molecule has 1 saturated heterocycles. The SMILES string of the molecule is COC(=O)c1ccccc1OCC[C@H]1CCCCN1. The molecule has 1 atom stereocenters. The molecule has 0 saturated carbocycles. The standard InChI is InChI=1S/C15H21NO3/c1-18-15(17)13-7-2-3-8-14(13)19-11-9-12-6-4-5-10-16-12/h2-3,7-8,12,16H,4-6,9-11H2,1H3/t12-/m1/s1. The number of para-hydroxylation sites is 1. The summed E-state index contributed by atoms with van der Waals surface area (Å²) < 4.78 is 10.5. The Bertz CT molecular complexity index is 414. The van der Waals surface area contributed by atoms with E-state index in [1.165, 1.54) is 26.4 Å². The third-order valence-corrected chi connectivity index (χ3v) is 3.43. The van der Waals surface area contributed by atoms with E-state index < -0.39 is 0 Å². The van der Waals surface area contributed by atoms with Gasteiger partial charge in [0.05, 0.1) is 13.7 Å². The Hall–Kier alpha value is -1.55. The number of esters is 1. The molecule has 1 aliphatic heterocycles. The van der Waals surface area contributed by atoms with Crippen LogP contribution in [0.2, 0.25) is 0 Å². The molecule has 0 aromatic heterocycles. The summed E-state index contributed by atoms with van der Waals surface area (Å²) in [5.74, 6) is 0.247. The lowest BCUT2D eigenvalue weighted by atomic mass is 10.0. The number of carbonyl (C=O) groups is 1. The molecule has 1 aliphatic rings. The van der Waals surface area contributed by atoms with Gasteiger partial charge in [0, 0.05) is 6.04 Å². The molecule has 104 valence electrons. The summed E-state index contributed by atoms with van der Waals surface area (Å²) in [7, 11) is 1.38. The minimum absolute atomic E-state index is 0.355. The minimum atomic E-state index is -0.355. The van der Waals surface area contributed by atoms with Crippen LogP contribution in [-0.2, 0) is 4.74 Å². The Morgan fingerprint density at radius 3 is 2.95 bits per heavy atom. The smallest absolute Gasteiger partial charge is 0.341 e. The minimum Gasteiger partial charge on any atom is -0.493 e. The lowest BCUT2D eigenvalue weighted by molar-refractivity contribution is 0.0596. The summed E-state index contributed by atoms with van der Waals surface area (Å²) >= 11 is 0. The Labute approximate surface area is 114 Å². The number of rotatable bonds is 5. The van der Waals surface area contributed by atoms with Crippen LogP contribution in [0.25, 0.3) is 0 Å². The van der Waals surface area contributed by atoms with Crippen molar-refractivity contribution in [3.05, 3.63) is 29.8 Å². The van der Waals surface area contributed by atoms with E-state index in [4.69, 9.17) is 9.47 Å². The quantitative estimate of drug-likeness (QED) is 0.829. The first-order valence-electron chi connectivity index (χ1n) is 6.85. The maximum atomic E-state index is 11.6.